The highest BCUT2D eigenvalue weighted by Crippen LogP contribution is 2.13. The van der Waals surface area contributed by atoms with Crippen molar-refractivity contribution < 1.29 is 26.4 Å². The molecule has 0 heterocycles. The van der Waals surface area contributed by atoms with Gasteiger partial charge in [-0.25, -0.2) is 26.3 Å². The van der Waals surface area contributed by atoms with Crippen LogP contribution < -0.4 is 10.0 Å². The Morgan fingerprint density at radius 2 is 1.73 bits per heavy atom. The van der Waals surface area contributed by atoms with Crippen molar-refractivity contribution in [2.45, 2.75) is 24.8 Å². The second kappa shape index (κ2) is 8.33. The predicted octanol–water partition coefficient (Wildman–Crippen LogP) is 2.40. The van der Waals surface area contributed by atoms with Crippen LogP contribution >= 0.6 is 0 Å². The fraction of sp³-hybridized carbons (Fsp3) is 0.235. The van der Waals surface area contributed by atoms with Crippen LogP contribution in [0, 0.1) is 24.4 Å². The molecule has 0 radical (unpaired) electrons. The van der Waals surface area contributed by atoms with Crippen LogP contribution in [0.1, 0.15) is 17.5 Å². The lowest BCUT2D eigenvalue weighted by atomic mass is 10.1. The Kier molecular flexibility index (Phi) is 6.38. The van der Waals surface area contributed by atoms with Gasteiger partial charge in [-0.05, 0) is 42.3 Å². The summed E-state index contributed by atoms with van der Waals surface area (Å²) in [5.74, 6) is -3.26. The van der Waals surface area contributed by atoms with Crippen molar-refractivity contribution in [1.82, 2.24) is 10.0 Å². The molecule has 0 saturated carbocycles. The molecule has 0 unspecified atom stereocenters. The number of carbonyl (C=O) groups excluding carboxylic acids is 1. The molecule has 0 spiro atoms. The van der Waals surface area contributed by atoms with Crippen LogP contribution in [-0.2, 0) is 21.4 Å². The third-order valence-corrected chi connectivity index (χ3v) is 5.03. The van der Waals surface area contributed by atoms with Gasteiger partial charge in [0.25, 0.3) is 0 Å². The zero-order valence-electron chi connectivity index (χ0n) is 13.9. The second-order valence-electron chi connectivity index (χ2n) is 5.58. The molecule has 0 aromatic heterocycles. The molecule has 0 atom stereocenters. The van der Waals surface area contributed by atoms with Gasteiger partial charge in [-0.15, -0.1) is 0 Å². The summed E-state index contributed by atoms with van der Waals surface area (Å²) in [5, 5.41) is 2.54. The number of carbonyl (C=O) groups is 1. The van der Waals surface area contributed by atoms with E-state index in [1.54, 1.807) is 19.1 Å². The average Bonchev–Trinajstić information content (AvgIpc) is 2.58. The van der Waals surface area contributed by atoms with Crippen LogP contribution in [0.5, 0.6) is 0 Å². The maximum absolute atomic E-state index is 13.4. The number of nitrogens with one attached hydrogen (secondary N) is 2. The van der Waals surface area contributed by atoms with Crippen LogP contribution in [-0.4, -0.2) is 20.9 Å². The number of rotatable bonds is 7. The number of benzene rings is 2. The predicted molar refractivity (Wildman–Crippen MR) is 89.1 cm³/mol. The van der Waals surface area contributed by atoms with E-state index in [1.807, 2.05) is 0 Å². The minimum absolute atomic E-state index is 0.103. The van der Waals surface area contributed by atoms with E-state index in [-0.39, 0.29) is 25.3 Å². The highest BCUT2D eigenvalue weighted by Gasteiger charge is 2.16. The molecule has 2 rings (SSSR count). The third-order valence-electron chi connectivity index (χ3n) is 3.57. The molecule has 1 amide bonds. The molecule has 9 heteroatoms. The van der Waals surface area contributed by atoms with Crippen LogP contribution in [0.2, 0.25) is 0 Å². The van der Waals surface area contributed by atoms with Crippen molar-refractivity contribution in [3.05, 3.63) is 65.0 Å². The van der Waals surface area contributed by atoms with Crippen molar-refractivity contribution >= 4 is 15.9 Å². The number of amides is 1. The van der Waals surface area contributed by atoms with Gasteiger partial charge in [-0.2, -0.15) is 0 Å². The van der Waals surface area contributed by atoms with E-state index in [0.29, 0.717) is 23.3 Å². The molecule has 2 N–H and O–H groups in total. The Labute approximate surface area is 149 Å². The molecule has 5 nitrogen and oxygen atoms in total. The minimum atomic E-state index is -4.06. The Morgan fingerprint density at radius 3 is 2.38 bits per heavy atom. The molecule has 2 aromatic rings. The molecule has 26 heavy (non-hydrogen) atoms. The standard InChI is InChI=1S/C17H17F3N2O3S/c1-11-2-3-12(8-15(11)19)10-21-17(23)6-7-22-26(24,25)13-4-5-14(18)16(20)9-13/h2-5,8-9,22H,6-7,10H2,1H3,(H,21,23). The summed E-state index contributed by atoms with van der Waals surface area (Å²) in [6, 6.07) is 6.76. The number of aryl methyl sites for hydroxylation is 1. The molecule has 0 aliphatic heterocycles. The fourth-order valence-corrected chi connectivity index (χ4v) is 3.10. The van der Waals surface area contributed by atoms with Crippen LogP contribution in [0.4, 0.5) is 13.2 Å². The SMILES string of the molecule is Cc1ccc(CNC(=O)CCNS(=O)(=O)c2ccc(F)c(F)c2)cc1F. The van der Waals surface area contributed by atoms with E-state index in [9.17, 15) is 26.4 Å². The summed E-state index contributed by atoms with van der Waals surface area (Å²) in [6.07, 6.45) is -0.169. The Morgan fingerprint density at radius 1 is 1.00 bits per heavy atom. The summed E-state index contributed by atoms with van der Waals surface area (Å²) in [7, 11) is -4.06. The number of hydrogen-bond donors (Lipinski definition) is 2. The molecule has 0 saturated heterocycles. The van der Waals surface area contributed by atoms with Crippen molar-refractivity contribution in [3.8, 4) is 0 Å². The first-order valence-corrected chi connectivity index (χ1v) is 9.14. The molecular weight excluding hydrogens is 369 g/mol. The van der Waals surface area contributed by atoms with Crippen LogP contribution in [0.15, 0.2) is 41.3 Å². The van der Waals surface area contributed by atoms with Crippen molar-refractivity contribution in [3.63, 3.8) is 0 Å². The van der Waals surface area contributed by atoms with Crippen molar-refractivity contribution in [2.24, 2.45) is 0 Å². The van der Waals surface area contributed by atoms with E-state index < -0.39 is 32.5 Å². The lowest BCUT2D eigenvalue weighted by Gasteiger charge is -2.08. The van der Waals surface area contributed by atoms with Crippen LogP contribution in [0.3, 0.4) is 0 Å². The Balaban J connectivity index is 1.83. The lowest BCUT2D eigenvalue weighted by molar-refractivity contribution is -0.121. The summed E-state index contributed by atoms with van der Waals surface area (Å²) in [6.45, 7) is 1.50. The first kappa shape index (κ1) is 19.9. The smallest absolute Gasteiger partial charge is 0.240 e. The summed E-state index contributed by atoms with van der Waals surface area (Å²) in [4.78, 5) is 11.3. The van der Waals surface area contributed by atoms with Gasteiger partial charge in [-0.3, -0.25) is 4.79 Å². The summed E-state index contributed by atoms with van der Waals surface area (Å²) < 4.78 is 65.4. The maximum Gasteiger partial charge on any atom is 0.240 e. The maximum atomic E-state index is 13.4. The molecule has 0 fully saturated rings. The molecule has 140 valence electrons. The highest BCUT2D eigenvalue weighted by molar-refractivity contribution is 7.89. The number of halogens is 3. The first-order chi connectivity index (χ1) is 12.2. The molecular formula is C17H17F3N2O3S. The van der Waals surface area contributed by atoms with Gasteiger partial charge < -0.3 is 5.32 Å². The van der Waals surface area contributed by atoms with Gasteiger partial charge in [0.15, 0.2) is 11.6 Å². The Bertz CT molecular complexity index is 917. The lowest BCUT2D eigenvalue weighted by Crippen LogP contribution is -2.30. The van der Waals surface area contributed by atoms with Crippen LogP contribution in [0.25, 0.3) is 0 Å². The summed E-state index contributed by atoms with van der Waals surface area (Å²) >= 11 is 0. The highest BCUT2D eigenvalue weighted by atomic mass is 32.2. The fourth-order valence-electron chi connectivity index (χ4n) is 2.06. The van der Waals surface area contributed by atoms with Gasteiger partial charge in [0.1, 0.15) is 5.82 Å². The van der Waals surface area contributed by atoms with Gasteiger partial charge >= 0.3 is 0 Å². The normalized spacial score (nSPS) is 11.4. The average molecular weight is 386 g/mol. The summed E-state index contributed by atoms with van der Waals surface area (Å²) in [5.41, 5.74) is 1.07. The zero-order chi connectivity index (χ0) is 19.3. The number of sulfonamides is 1. The molecule has 0 bridgehead atoms. The number of hydrogen-bond acceptors (Lipinski definition) is 3. The quantitative estimate of drug-likeness (QED) is 0.767. The van der Waals surface area contributed by atoms with Crippen molar-refractivity contribution in [1.29, 1.82) is 0 Å². The largest absolute Gasteiger partial charge is 0.352 e. The van der Waals surface area contributed by atoms with E-state index in [1.165, 1.54) is 6.07 Å². The minimum Gasteiger partial charge on any atom is -0.352 e. The van der Waals surface area contributed by atoms with Crippen molar-refractivity contribution in [2.75, 3.05) is 6.54 Å². The molecule has 2 aromatic carbocycles. The van der Waals surface area contributed by atoms with E-state index in [4.69, 9.17) is 0 Å². The van der Waals surface area contributed by atoms with Gasteiger partial charge in [0.05, 0.1) is 4.90 Å². The monoisotopic (exact) mass is 386 g/mol. The first-order valence-electron chi connectivity index (χ1n) is 7.65. The second-order valence-corrected chi connectivity index (χ2v) is 7.35. The van der Waals surface area contributed by atoms with E-state index >= 15 is 0 Å². The van der Waals surface area contributed by atoms with Gasteiger partial charge in [0.2, 0.25) is 15.9 Å². The topological polar surface area (TPSA) is 75.3 Å². The molecule has 0 aliphatic carbocycles. The van der Waals surface area contributed by atoms with E-state index in [2.05, 4.69) is 10.0 Å². The third kappa shape index (κ3) is 5.30. The van der Waals surface area contributed by atoms with E-state index in [0.717, 1.165) is 6.07 Å². The Hall–Kier alpha value is -2.39. The van der Waals surface area contributed by atoms with Gasteiger partial charge in [0, 0.05) is 19.5 Å². The molecule has 0 aliphatic rings. The van der Waals surface area contributed by atoms with Gasteiger partial charge in [-0.1, -0.05) is 12.1 Å². The zero-order valence-corrected chi connectivity index (χ0v) is 14.7.